The molecule has 0 bridgehead atoms. The summed E-state index contributed by atoms with van der Waals surface area (Å²) in [6.07, 6.45) is 1.05. The molecule has 0 unspecified atom stereocenters. The second kappa shape index (κ2) is 8.02. The first-order valence-electron chi connectivity index (χ1n) is 7.17. The maximum absolute atomic E-state index is 12.0. The van der Waals surface area contributed by atoms with E-state index in [1.165, 1.54) is 5.56 Å². The van der Waals surface area contributed by atoms with Crippen molar-refractivity contribution in [2.75, 3.05) is 13.2 Å². The van der Waals surface area contributed by atoms with E-state index in [1.807, 2.05) is 19.1 Å². The van der Waals surface area contributed by atoms with Gasteiger partial charge in [-0.3, -0.25) is 4.79 Å². The van der Waals surface area contributed by atoms with Crippen molar-refractivity contribution in [3.63, 3.8) is 0 Å². The van der Waals surface area contributed by atoms with E-state index >= 15 is 0 Å². The molecule has 4 N–H and O–H groups in total. The summed E-state index contributed by atoms with van der Waals surface area (Å²) in [5.41, 5.74) is 7.85. The van der Waals surface area contributed by atoms with Crippen LogP contribution in [0.25, 0.3) is 0 Å². The summed E-state index contributed by atoms with van der Waals surface area (Å²) in [7, 11) is 0. The van der Waals surface area contributed by atoms with Crippen LogP contribution in [0.3, 0.4) is 0 Å². The lowest BCUT2D eigenvalue weighted by molar-refractivity contribution is -0.122. The molecule has 4 nitrogen and oxygen atoms in total. The van der Waals surface area contributed by atoms with Gasteiger partial charge in [-0.15, -0.1) is 0 Å². The van der Waals surface area contributed by atoms with Gasteiger partial charge < -0.3 is 16.2 Å². The molecule has 0 saturated heterocycles. The van der Waals surface area contributed by atoms with Gasteiger partial charge in [-0.05, 0) is 30.4 Å². The zero-order chi connectivity index (χ0) is 15.1. The fraction of sp³-hybridized carbons (Fsp3) is 0.562. The van der Waals surface area contributed by atoms with Crippen molar-refractivity contribution in [1.82, 2.24) is 5.32 Å². The summed E-state index contributed by atoms with van der Waals surface area (Å²) >= 11 is 0. The van der Waals surface area contributed by atoms with E-state index in [0.717, 1.165) is 12.0 Å². The molecule has 0 aliphatic heterocycles. The van der Waals surface area contributed by atoms with Crippen LogP contribution in [0.5, 0.6) is 0 Å². The predicted molar refractivity (Wildman–Crippen MR) is 81.5 cm³/mol. The number of carbonyl (C=O) groups excluding carboxylic acids is 1. The largest absolute Gasteiger partial charge is 0.395 e. The number of aliphatic hydroxyl groups excluding tert-OH is 1. The summed E-state index contributed by atoms with van der Waals surface area (Å²) in [5, 5.41) is 11.6. The first kappa shape index (κ1) is 16.7. The van der Waals surface area contributed by atoms with Gasteiger partial charge in [-0.25, -0.2) is 0 Å². The second-order valence-corrected chi connectivity index (χ2v) is 5.75. The Morgan fingerprint density at radius 2 is 1.85 bits per heavy atom. The minimum atomic E-state index is -0.403. The van der Waals surface area contributed by atoms with Crippen LogP contribution in [-0.2, 0) is 11.2 Å². The molecule has 1 rings (SSSR count). The number of rotatable bonds is 7. The van der Waals surface area contributed by atoms with Crippen LogP contribution in [0, 0.1) is 5.92 Å². The van der Waals surface area contributed by atoms with Gasteiger partial charge in [0, 0.05) is 12.6 Å². The zero-order valence-electron chi connectivity index (χ0n) is 12.6. The summed E-state index contributed by atoms with van der Waals surface area (Å²) in [6.45, 7) is 6.42. The van der Waals surface area contributed by atoms with Crippen molar-refractivity contribution in [3.8, 4) is 0 Å². The highest BCUT2D eigenvalue weighted by Crippen LogP contribution is 2.17. The molecule has 0 fully saturated rings. The molecule has 0 aliphatic carbocycles. The van der Waals surface area contributed by atoms with Gasteiger partial charge in [0.05, 0.1) is 12.5 Å². The summed E-state index contributed by atoms with van der Waals surface area (Å²) < 4.78 is 0. The number of aliphatic hydroxyl groups is 1. The van der Waals surface area contributed by atoms with Crippen LogP contribution >= 0.6 is 0 Å². The third-order valence-electron chi connectivity index (χ3n) is 3.29. The Bertz CT molecular complexity index is 415. The lowest BCUT2D eigenvalue weighted by Gasteiger charge is -2.15. The lowest BCUT2D eigenvalue weighted by atomic mass is 9.96. The molecule has 0 heterocycles. The van der Waals surface area contributed by atoms with Crippen LogP contribution in [0.4, 0.5) is 0 Å². The van der Waals surface area contributed by atoms with Crippen LogP contribution in [0.2, 0.25) is 0 Å². The highest BCUT2D eigenvalue weighted by Gasteiger charge is 2.15. The number of nitrogens with one attached hydrogen (secondary N) is 1. The molecular formula is C16H26N2O2. The summed E-state index contributed by atoms with van der Waals surface area (Å²) in [5.74, 6) is 0.348. The van der Waals surface area contributed by atoms with Gasteiger partial charge in [0.2, 0.25) is 5.91 Å². The van der Waals surface area contributed by atoms with Crippen molar-refractivity contribution in [2.45, 2.75) is 39.2 Å². The van der Waals surface area contributed by atoms with E-state index in [4.69, 9.17) is 10.8 Å². The number of carbonyl (C=O) groups is 1. The Morgan fingerprint density at radius 1 is 1.25 bits per heavy atom. The molecule has 0 aromatic heterocycles. The quantitative estimate of drug-likeness (QED) is 0.706. The van der Waals surface area contributed by atoms with Crippen LogP contribution in [0.15, 0.2) is 24.3 Å². The number of benzene rings is 1. The standard InChI is InChI=1S/C16H26N2O2/c1-11(2)8-13-4-6-14(7-5-13)12(3)16(20)18-9-15(17)10-19/h4-7,11-12,15,19H,8-10,17H2,1-3H3,(H,18,20)/t12-,15+/m0/s1. The van der Waals surface area contributed by atoms with E-state index < -0.39 is 6.04 Å². The summed E-state index contributed by atoms with van der Waals surface area (Å²) in [6, 6.07) is 7.78. The monoisotopic (exact) mass is 278 g/mol. The Morgan fingerprint density at radius 3 is 2.35 bits per heavy atom. The third-order valence-corrected chi connectivity index (χ3v) is 3.29. The maximum atomic E-state index is 12.0. The Labute approximate surface area is 121 Å². The smallest absolute Gasteiger partial charge is 0.227 e. The average Bonchev–Trinajstić information content (AvgIpc) is 2.43. The fourth-order valence-electron chi connectivity index (χ4n) is 2.01. The number of nitrogens with two attached hydrogens (primary N) is 1. The Balaban J connectivity index is 2.58. The van der Waals surface area contributed by atoms with Crippen molar-refractivity contribution < 1.29 is 9.90 Å². The molecule has 0 saturated carbocycles. The second-order valence-electron chi connectivity index (χ2n) is 5.75. The molecule has 1 amide bonds. The molecule has 2 atom stereocenters. The van der Waals surface area contributed by atoms with Crippen molar-refractivity contribution in [2.24, 2.45) is 11.7 Å². The molecule has 1 aromatic rings. The third kappa shape index (κ3) is 5.31. The van der Waals surface area contributed by atoms with Gasteiger partial charge >= 0.3 is 0 Å². The van der Waals surface area contributed by atoms with E-state index in [0.29, 0.717) is 12.5 Å². The highest BCUT2D eigenvalue weighted by molar-refractivity contribution is 5.83. The molecule has 0 aliphatic rings. The fourth-order valence-corrected chi connectivity index (χ4v) is 2.01. The van der Waals surface area contributed by atoms with Gasteiger partial charge in [0.15, 0.2) is 0 Å². The summed E-state index contributed by atoms with van der Waals surface area (Å²) in [4.78, 5) is 12.0. The van der Waals surface area contributed by atoms with Gasteiger partial charge in [0.1, 0.15) is 0 Å². The molecule has 20 heavy (non-hydrogen) atoms. The van der Waals surface area contributed by atoms with Crippen LogP contribution in [0.1, 0.15) is 37.8 Å². The van der Waals surface area contributed by atoms with E-state index in [-0.39, 0.29) is 18.4 Å². The van der Waals surface area contributed by atoms with Crippen LogP contribution < -0.4 is 11.1 Å². The minimum Gasteiger partial charge on any atom is -0.395 e. The SMILES string of the molecule is CC(C)Cc1ccc([C@H](C)C(=O)NC[C@@H](N)CO)cc1. The minimum absolute atomic E-state index is 0.0643. The van der Waals surface area contributed by atoms with Crippen molar-refractivity contribution in [3.05, 3.63) is 35.4 Å². The van der Waals surface area contributed by atoms with E-state index in [1.54, 1.807) is 0 Å². The average molecular weight is 278 g/mol. The molecule has 0 radical (unpaired) electrons. The van der Waals surface area contributed by atoms with E-state index in [2.05, 4.69) is 31.3 Å². The molecule has 112 valence electrons. The normalized spacial score (nSPS) is 14.1. The Hall–Kier alpha value is -1.39. The van der Waals surface area contributed by atoms with Gasteiger partial charge in [0.25, 0.3) is 0 Å². The highest BCUT2D eigenvalue weighted by atomic mass is 16.3. The molecule has 4 heteroatoms. The first-order valence-corrected chi connectivity index (χ1v) is 7.17. The number of hydrogen-bond acceptors (Lipinski definition) is 3. The lowest BCUT2D eigenvalue weighted by Crippen LogP contribution is -2.40. The molecular weight excluding hydrogens is 252 g/mol. The van der Waals surface area contributed by atoms with Crippen molar-refractivity contribution in [1.29, 1.82) is 0 Å². The van der Waals surface area contributed by atoms with Crippen LogP contribution in [-0.4, -0.2) is 30.2 Å². The predicted octanol–water partition coefficient (Wildman–Crippen LogP) is 1.42. The molecule has 1 aromatic carbocycles. The first-order chi connectivity index (χ1) is 9.43. The Kier molecular flexibility index (Phi) is 6.68. The number of hydrogen-bond donors (Lipinski definition) is 3. The van der Waals surface area contributed by atoms with Crippen molar-refractivity contribution >= 4 is 5.91 Å². The van der Waals surface area contributed by atoms with E-state index in [9.17, 15) is 4.79 Å². The zero-order valence-corrected chi connectivity index (χ0v) is 12.6. The molecule has 0 spiro atoms. The maximum Gasteiger partial charge on any atom is 0.227 e. The topological polar surface area (TPSA) is 75.4 Å². The van der Waals surface area contributed by atoms with Gasteiger partial charge in [-0.1, -0.05) is 38.1 Å². The van der Waals surface area contributed by atoms with Gasteiger partial charge in [-0.2, -0.15) is 0 Å². The number of amides is 1.